The van der Waals surface area contributed by atoms with E-state index in [1.165, 1.54) is 0 Å². The van der Waals surface area contributed by atoms with Crippen molar-refractivity contribution in [2.45, 2.75) is 13.8 Å². The molecule has 1 heterocycles. The third-order valence-electron chi connectivity index (χ3n) is 2.88. The first-order chi connectivity index (χ1) is 8.58. The van der Waals surface area contributed by atoms with Crippen LogP contribution in [0.5, 0.6) is 11.5 Å². The SMILES string of the molecule is COc1cc(C)c(OC)c(-c2cc(N)no2)c1C. The number of aromatic nitrogens is 1. The summed E-state index contributed by atoms with van der Waals surface area (Å²) in [4.78, 5) is 0. The largest absolute Gasteiger partial charge is 0.496 e. The summed E-state index contributed by atoms with van der Waals surface area (Å²) in [5.74, 6) is 2.43. The maximum atomic E-state index is 5.59. The third kappa shape index (κ3) is 1.88. The van der Waals surface area contributed by atoms with Gasteiger partial charge in [0.1, 0.15) is 11.5 Å². The molecule has 0 saturated heterocycles. The summed E-state index contributed by atoms with van der Waals surface area (Å²) in [6.07, 6.45) is 0. The van der Waals surface area contributed by atoms with E-state index in [1.54, 1.807) is 20.3 Å². The lowest BCUT2D eigenvalue weighted by Crippen LogP contribution is -1.97. The summed E-state index contributed by atoms with van der Waals surface area (Å²) in [6.45, 7) is 3.89. The van der Waals surface area contributed by atoms with Crippen molar-refractivity contribution in [3.8, 4) is 22.8 Å². The highest BCUT2D eigenvalue weighted by atomic mass is 16.5. The van der Waals surface area contributed by atoms with Crippen LogP contribution in [0.3, 0.4) is 0 Å². The summed E-state index contributed by atoms with van der Waals surface area (Å²) in [5.41, 5.74) is 8.30. The van der Waals surface area contributed by atoms with E-state index in [-0.39, 0.29) is 0 Å². The van der Waals surface area contributed by atoms with E-state index in [4.69, 9.17) is 19.7 Å². The molecular weight excluding hydrogens is 232 g/mol. The van der Waals surface area contributed by atoms with Crippen LogP contribution in [0.15, 0.2) is 16.7 Å². The predicted octanol–water partition coefficient (Wildman–Crippen LogP) is 2.56. The number of nitrogens with zero attached hydrogens (tertiary/aromatic N) is 1. The quantitative estimate of drug-likeness (QED) is 0.903. The highest BCUT2D eigenvalue weighted by Crippen LogP contribution is 2.41. The zero-order chi connectivity index (χ0) is 13.3. The van der Waals surface area contributed by atoms with E-state index in [9.17, 15) is 0 Å². The second-order valence-corrected chi connectivity index (χ2v) is 4.05. The van der Waals surface area contributed by atoms with Gasteiger partial charge in [-0.15, -0.1) is 0 Å². The van der Waals surface area contributed by atoms with Crippen LogP contribution in [0.1, 0.15) is 11.1 Å². The molecule has 1 aromatic heterocycles. The lowest BCUT2D eigenvalue weighted by molar-refractivity contribution is 0.393. The van der Waals surface area contributed by atoms with Gasteiger partial charge in [0.15, 0.2) is 11.6 Å². The highest BCUT2D eigenvalue weighted by Gasteiger charge is 2.19. The maximum Gasteiger partial charge on any atom is 0.173 e. The average Bonchev–Trinajstić information content (AvgIpc) is 2.77. The normalized spacial score (nSPS) is 10.4. The maximum absolute atomic E-state index is 5.59. The molecular formula is C13H16N2O3. The number of methoxy groups -OCH3 is 2. The van der Waals surface area contributed by atoms with E-state index in [1.807, 2.05) is 19.9 Å². The zero-order valence-corrected chi connectivity index (χ0v) is 10.9. The standard InChI is InChI=1S/C13H16N2O3/c1-7-5-9(16-3)8(2)12(13(7)17-4)10-6-11(14)15-18-10/h5-6H,1-4H3,(H2,14,15). The van der Waals surface area contributed by atoms with Crippen LogP contribution in [0, 0.1) is 13.8 Å². The number of anilines is 1. The minimum absolute atomic E-state index is 0.340. The molecule has 5 heteroatoms. The Labute approximate surface area is 105 Å². The highest BCUT2D eigenvalue weighted by molar-refractivity contribution is 5.75. The van der Waals surface area contributed by atoms with Gasteiger partial charge in [-0.2, -0.15) is 0 Å². The Bertz CT molecular complexity index is 576. The number of ether oxygens (including phenoxy) is 2. The molecule has 0 spiro atoms. The Hall–Kier alpha value is -2.17. The van der Waals surface area contributed by atoms with Gasteiger partial charge >= 0.3 is 0 Å². The Morgan fingerprint density at radius 3 is 2.39 bits per heavy atom. The number of hydrogen-bond donors (Lipinski definition) is 1. The number of nitrogens with two attached hydrogens (primary N) is 1. The molecule has 0 radical (unpaired) electrons. The minimum Gasteiger partial charge on any atom is -0.496 e. The molecule has 5 nitrogen and oxygen atoms in total. The summed E-state index contributed by atoms with van der Waals surface area (Å²) in [7, 11) is 3.25. The predicted molar refractivity (Wildman–Crippen MR) is 68.9 cm³/mol. The van der Waals surface area contributed by atoms with E-state index < -0.39 is 0 Å². The fourth-order valence-electron chi connectivity index (χ4n) is 2.04. The Morgan fingerprint density at radius 1 is 1.17 bits per heavy atom. The molecule has 0 unspecified atom stereocenters. The molecule has 0 atom stereocenters. The molecule has 0 aliphatic carbocycles. The first-order valence-corrected chi connectivity index (χ1v) is 5.53. The van der Waals surface area contributed by atoms with Crippen molar-refractivity contribution in [3.05, 3.63) is 23.3 Å². The van der Waals surface area contributed by atoms with Gasteiger partial charge in [0, 0.05) is 11.6 Å². The van der Waals surface area contributed by atoms with Crippen LogP contribution in [0.4, 0.5) is 5.82 Å². The summed E-state index contributed by atoms with van der Waals surface area (Å²) >= 11 is 0. The van der Waals surface area contributed by atoms with E-state index in [2.05, 4.69) is 5.16 Å². The number of benzene rings is 1. The van der Waals surface area contributed by atoms with Crippen LogP contribution in [-0.2, 0) is 0 Å². The average molecular weight is 248 g/mol. The molecule has 96 valence electrons. The Kier molecular flexibility index (Phi) is 3.14. The molecule has 0 aliphatic rings. The van der Waals surface area contributed by atoms with E-state index >= 15 is 0 Å². The molecule has 0 aliphatic heterocycles. The monoisotopic (exact) mass is 248 g/mol. The molecule has 2 rings (SSSR count). The van der Waals surface area contributed by atoms with Crippen LogP contribution >= 0.6 is 0 Å². The van der Waals surface area contributed by atoms with Gasteiger partial charge in [-0.3, -0.25) is 0 Å². The molecule has 0 saturated carbocycles. The summed E-state index contributed by atoms with van der Waals surface area (Å²) < 4.78 is 16.0. The number of rotatable bonds is 3. The van der Waals surface area contributed by atoms with Crippen molar-refractivity contribution in [3.63, 3.8) is 0 Å². The summed E-state index contributed by atoms with van der Waals surface area (Å²) in [5, 5.41) is 3.70. The fourth-order valence-corrected chi connectivity index (χ4v) is 2.04. The van der Waals surface area contributed by atoms with Crippen LogP contribution in [0.25, 0.3) is 11.3 Å². The Morgan fingerprint density at radius 2 is 1.89 bits per heavy atom. The second-order valence-electron chi connectivity index (χ2n) is 4.05. The zero-order valence-electron chi connectivity index (χ0n) is 10.9. The molecule has 2 N–H and O–H groups in total. The topological polar surface area (TPSA) is 70.5 Å². The van der Waals surface area contributed by atoms with Crippen molar-refractivity contribution >= 4 is 5.82 Å². The van der Waals surface area contributed by atoms with Crippen molar-refractivity contribution in [1.82, 2.24) is 5.16 Å². The minimum atomic E-state index is 0.340. The van der Waals surface area contributed by atoms with E-state index in [0.717, 1.165) is 28.2 Å². The van der Waals surface area contributed by atoms with Gasteiger partial charge in [0.05, 0.1) is 19.8 Å². The van der Waals surface area contributed by atoms with Gasteiger partial charge in [0.2, 0.25) is 0 Å². The Balaban J connectivity index is 2.73. The second kappa shape index (κ2) is 4.60. The van der Waals surface area contributed by atoms with Crippen molar-refractivity contribution in [1.29, 1.82) is 0 Å². The smallest absolute Gasteiger partial charge is 0.173 e. The van der Waals surface area contributed by atoms with Gasteiger partial charge in [-0.05, 0) is 25.5 Å². The van der Waals surface area contributed by atoms with Crippen molar-refractivity contribution in [2.75, 3.05) is 20.0 Å². The number of hydrogen-bond acceptors (Lipinski definition) is 5. The van der Waals surface area contributed by atoms with Crippen LogP contribution in [0.2, 0.25) is 0 Å². The molecule has 0 amide bonds. The van der Waals surface area contributed by atoms with Crippen molar-refractivity contribution in [2.24, 2.45) is 0 Å². The molecule has 0 fully saturated rings. The van der Waals surface area contributed by atoms with Crippen LogP contribution in [-0.4, -0.2) is 19.4 Å². The third-order valence-corrected chi connectivity index (χ3v) is 2.88. The van der Waals surface area contributed by atoms with Gasteiger partial charge in [0.25, 0.3) is 0 Å². The first kappa shape index (κ1) is 12.3. The van der Waals surface area contributed by atoms with Gasteiger partial charge in [-0.25, -0.2) is 0 Å². The van der Waals surface area contributed by atoms with Gasteiger partial charge in [-0.1, -0.05) is 5.16 Å². The summed E-state index contributed by atoms with van der Waals surface area (Å²) in [6, 6.07) is 3.60. The van der Waals surface area contributed by atoms with E-state index in [0.29, 0.717) is 11.6 Å². The molecule has 18 heavy (non-hydrogen) atoms. The fraction of sp³-hybridized carbons (Fsp3) is 0.308. The first-order valence-electron chi connectivity index (χ1n) is 5.53. The molecule has 1 aromatic carbocycles. The van der Waals surface area contributed by atoms with Crippen LogP contribution < -0.4 is 15.2 Å². The molecule has 2 aromatic rings. The van der Waals surface area contributed by atoms with Gasteiger partial charge < -0.3 is 19.7 Å². The molecule has 0 bridgehead atoms. The number of nitrogen functional groups attached to an aromatic ring is 1. The van der Waals surface area contributed by atoms with Crippen molar-refractivity contribution < 1.29 is 14.0 Å². The lowest BCUT2D eigenvalue weighted by atomic mass is 10.0. The lowest BCUT2D eigenvalue weighted by Gasteiger charge is -2.15. The number of aryl methyl sites for hydroxylation is 1.